The van der Waals surface area contributed by atoms with Gasteiger partial charge < -0.3 is 0 Å². The molecular weight excluding hydrogens is 681 g/mol. The Morgan fingerprint density at radius 2 is 0.768 bits per heavy atom. The molecule has 0 aliphatic rings. The monoisotopic (exact) mass is 712 g/mol. The number of hydrogen-bond acceptors (Lipinski definition) is 4. The first-order valence-electron chi connectivity index (χ1n) is 18.9. The van der Waals surface area contributed by atoms with Crippen LogP contribution in [0.1, 0.15) is 0 Å². The maximum Gasteiger partial charge on any atom is 0.164 e. The van der Waals surface area contributed by atoms with E-state index in [1.165, 1.54) is 21.5 Å². The Morgan fingerprint density at radius 3 is 1.45 bits per heavy atom. The normalized spacial score (nSPS) is 11.6. The van der Waals surface area contributed by atoms with Crippen molar-refractivity contribution >= 4 is 54.0 Å². The summed E-state index contributed by atoms with van der Waals surface area (Å²) >= 11 is 0. The van der Waals surface area contributed by atoms with Gasteiger partial charge in [-0.1, -0.05) is 182 Å². The Hall–Kier alpha value is -7.56. The molecule has 4 nitrogen and oxygen atoms in total. The second-order valence-electron chi connectivity index (χ2n) is 14.2. The predicted molar refractivity (Wildman–Crippen MR) is 232 cm³/mol. The molecule has 2 heterocycles. The molecule has 0 aliphatic heterocycles. The lowest BCUT2D eigenvalue weighted by molar-refractivity contribution is 1.08. The van der Waals surface area contributed by atoms with Gasteiger partial charge in [0.25, 0.3) is 0 Å². The molecule has 0 unspecified atom stereocenters. The second kappa shape index (κ2) is 13.1. The van der Waals surface area contributed by atoms with Crippen LogP contribution in [0.4, 0.5) is 0 Å². The summed E-state index contributed by atoms with van der Waals surface area (Å²) in [5.74, 6) is 1.92. The van der Waals surface area contributed by atoms with Crippen molar-refractivity contribution in [3.63, 3.8) is 0 Å². The number of benzene rings is 9. The van der Waals surface area contributed by atoms with Gasteiger partial charge in [0.05, 0.1) is 11.2 Å². The highest BCUT2D eigenvalue weighted by atomic mass is 15.0. The van der Waals surface area contributed by atoms with Crippen LogP contribution in [0.15, 0.2) is 194 Å². The molecule has 4 heteroatoms. The topological polar surface area (TPSA) is 51.6 Å². The highest BCUT2D eigenvalue weighted by molar-refractivity contribution is 6.22. The van der Waals surface area contributed by atoms with E-state index in [1.807, 2.05) is 0 Å². The molecule has 0 atom stereocenters. The lowest BCUT2D eigenvalue weighted by Crippen LogP contribution is -2.01. The fourth-order valence-corrected chi connectivity index (χ4v) is 8.19. The summed E-state index contributed by atoms with van der Waals surface area (Å²) in [4.78, 5) is 20.7. The van der Waals surface area contributed by atoms with Crippen LogP contribution in [-0.4, -0.2) is 19.9 Å². The number of rotatable bonds is 5. The van der Waals surface area contributed by atoms with Gasteiger partial charge in [-0.3, -0.25) is 0 Å². The Balaban J connectivity index is 1.03. The van der Waals surface area contributed by atoms with E-state index in [2.05, 4.69) is 194 Å². The molecule has 0 fully saturated rings. The van der Waals surface area contributed by atoms with Gasteiger partial charge in [-0.05, 0) is 55.6 Å². The summed E-state index contributed by atoms with van der Waals surface area (Å²) in [6, 6.07) is 68.1. The Morgan fingerprint density at radius 1 is 0.268 bits per heavy atom. The lowest BCUT2D eigenvalue weighted by atomic mass is 9.94. The van der Waals surface area contributed by atoms with E-state index in [0.29, 0.717) is 17.5 Å². The minimum absolute atomic E-state index is 0.628. The van der Waals surface area contributed by atoms with Crippen molar-refractivity contribution in [1.29, 1.82) is 0 Å². The summed E-state index contributed by atoms with van der Waals surface area (Å²) in [5.41, 5.74) is 8.10. The van der Waals surface area contributed by atoms with E-state index >= 15 is 0 Å². The molecule has 0 aliphatic carbocycles. The predicted octanol–water partition coefficient (Wildman–Crippen LogP) is 13.4. The van der Waals surface area contributed by atoms with Crippen LogP contribution in [0.2, 0.25) is 0 Å². The second-order valence-corrected chi connectivity index (χ2v) is 14.2. The van der Waals surface area contributed by atoms with Gasteiger partial charge in [-0.2, -0.15) is 0 Å². The Labute approximate surface area is 323 Å². The minimum atomic E-state index is 0.628. The number of nitrogens with zero attached hydrogens (tertiary/aromatic N) is 4. The molecule has 0 radical (unpaired) electrons. The summed E-state index contributed by atoms with van der Waals surface area (Å²) in [6.07, 6.45) is 0. The van der Waals surface area contributed by atoms with E-state index in [1.54, 1.807) is 0 Å². The van der Waals surface area contributed by atoms with E-state index < -0.39 is 0 Å². The number of pyridine rings is 1. The Kier molecular flexibility index (Phi) is 7.46. The number of aromatic nitrogens is 4. The fraction of sp³-hybridized carbons (Fsp3) is 0. The molecule has 0 N–H and O–H groups in total. The minimum Gasteiger partial charge on any atom is -0.247 e. The molecule has 11 rings (SSSR count). The van der Waals surface area contributed by atoms with Crippen molar-refractivity contribution in [2.24, 2.45) is 0 Å². The summed E-state index contributed by atoms with van der Waals surface area (Å²) in [6.45, 7) is 0. The van der Waals surface area contributed by atoms with Crippen LogP contribution >= 0.6 is 0 Å². The van der Waals surface area contributed by atoms with Gasteiger partial charge in [-0.15, -0.1) is 0 Å². The van der Waals surface area contributed by atoms with Gasteiger partial charge in [0.1, 0.15) is 0 Å². The highest BCUT2D eigenvalue weighted by Crippen LogP contribution is 2.38. The van der Waals surface area contributed by atoms with E-state index in [9.17, 15) is 0 Å². The molecule has 0 saturated carbocycles. The maximum absolute atomic E-state index is 5.22. The van der Waals surface area contributed by atoms with E-state index in [0.717, 1.165) is 71.5 Å². The standard InChI is InChI=1S/C52H32N4/c1-4-19-40-34(12-1)15-10-23-43(40)51-54-50(55-52(56-51)44-24-11-16-35-13-2-5-20-41(35)44)39-18-9-17-38(32-39)33-26-28-37(29-27-33)49-46-31-30-36-14-3-6-21-42(36)48(46)45-22-7-8-25-47(45)53-49/h1-32H. The zero-order chi connectivity index (χ0) is 37.0. The number of fused-ring (bicyclic) bond motifs is 7. The van der Waals surface area contributed by atoms with E-state index in [-0.39, 0.29) is 0 Å². The largest absolute Gasteiger partial charge is 0.247 e. The third-order valence-corrected chi connectivity index (χ3v) is 10.9. The lowest BCUT2D eigenvalue weighted by Gasteiger charge is -2.13. The third-order valence-electron chi connectivity index (χ3n) is 10.9. The van der Waals surface area contributed by atoms with E-state index in [4.69, 9.17) is 19.9 Å². The van der Waals surface area contributed by atoms with Crippen LogP contribution < -0.4 is 0 Å². The molecule has 0 bridgehead atoms. The van der Waals surface area contributed by atoms with Gasteiger partial charge >= 0.3 is 0 Å². The van der Waals surface area contributed by atoms with Gasteiger partial charge in [0.2, 0.25) is 0 Å². The summed E-state index contributed by atoms with van der Waals surface area (Å²) in [5, 5.41) is 10.5. The van der Waals surface area contributed by atoms with Crippen molar-refractivity contribution in [2.75, 3.05) is 0 Å². The van der Waals surface area contributed by atoms with Crippen molar-refractivity contribution in [3.05, 3.63) is 194 Å². The third kappa shape index (κ3) is 5.39. The summed E-state index contributed by atoms with van der Waals surface area (Å²) < 4.78 is 0. The zero-order valence-corrected chi connectivity index (χ0v) is 30.3. The smallest absolute Gasteiger partial charge is 0.164 e. The van der Waals surface area contributed by atoms with Gasteiger partial charge in [0.15, 0.2) is 17.5 Å². The molecule has 0 saturated heterocycles. The van der Waals surface area contributed by atoms with Crippen LogP contribution in [0, 0.1) is 0 Å². The van der Waals surface area contributed by atoms with Crippen molar-refractivity contribution in [3.8, 4) is 56.5 Å². The molecular formula is C52H32N4. The quantitative estimate of drug-likeness (QED) is 0.167. The molecule has 260 valence electrons. The molecule has 56 heavy (non-hydrogen) atoms. The van der Waals surface area contributed by atoms with Crippen LogP contribution in [0.5, 0.6) is 0 Å². The van der Waals surface area contributed by atoms with Crippen molar-refractivity contribution < 1.29 is 0 Å². The molecule has 0 spiro atoms. The number of para-hydroxylation sites is 1. The van der Waals surface area contributed by atoms with Crippen LogP contribution in [0.25, 0.3) is 111 Å². The van der Waals surface area contributed by atoms with Crippen molar-refractivity contribution in [1.82, 2.24) is 19.9 Å². The highest BCUT2D eigenvalue weighted by Gasteiger charge is 2.17. The molecule has 2 aromatic heterocycles. The molecule has 11 aromatic rings. The molecule has 0 amide bonds. The molecule has 9 aromatic carbocycles. The SMILES string of the molecule is c1cc(-c2ccc(-c3nc4ccccc4c4c3ccc3ccccc34)cc2)cc(-c2nc(-c3cccc4ccccc34)nc(-c3cccc4ccccc34)n2)c1. The van der Waals surface area contributed by atoms with Gasteiger partial charge in [-0.25, -0.2) is 19.9 Å². The zero-order valence-electron chi connectivity index (χ0n) is 30.3. The first-order valence-corrected chi connectivity index (χ1v) is 18.9. The fourth-order valence-electron chi connectivity index (χ4n) is 8.19. The maximum atomic E-state index is 5.22. The number of hydrogen-bond donors (Lipinski definition) is 0. The van der Waals surface area contributed by atoms with Gasteiger partial charge in [0, 0.05) is 38.4 Å². The van der Waals surface area contributed by atoms with Crippen molar-refractivity contribution in [2.45, 2.75) is 0 Å². The Bertz CT molecular complexity index is 3190. The average molecular weight is 713 g/mol. The first-order chi connectivity index (χ1) is 27.7. The summed E-state index contributed by atoms with van der Waals surface area (Å²) in [7, 11) is 0. The van der Waals surface area contributed by atoms with Crippen LogP contribution in [-0.2, 0) is 0 Å². The van der Waals surface area contributed by atoms with Crippen LogP contribution in [0.3, 0.4) is 0 Å². The first kappa shape index (κ1) is 31.9. The average Bonchev–Trinajstić information content (AvgIpc) is 3.28.